The molecule has 0 bridgehead atoms. The van der Waals surface area contributed by atoms with Crippen LogP contribution in [0.5, 0.6) is 21.6 Å². The summed E-state index contributed by atoms with van der Waals surface area (Å²) in [5.74, 6) is 0.869. The van der Waals surface area contributed by atoms with Crippen molar-refractivity contribution in [3.05, 3.63) is 70.8 Å². The largest absolute Gasteiger partial charge is 0.447 e. The maximum absolute atomic E-state index is 9.07. The highest BCUT2D eigenvalue weighted by atomic mass is 32.1. The highest BCUT2D eigenvalue weighted by molar-refractivity contribution is 7.15. The van der Waals surface area contributed by atoms with E-state index in [0.717, 1.165) is 0 Å². The number of nitrogens with zero attached hydrogens (tertiary/aromatic N) is 4. The Morgan fingerprint density at radius 1 is 0.556 bits per heavy atom. The maximum Gasteiger partial charge on any atom is 0.184 e. The zero-order valence-corrected chi connectivity index (χ0v) is 14.4. The lowest BCUT2D eigenvalue weighted by molar-refractivity contribution is 0.493. The molecule has 6 nitrogen and oxygen atoms in total. The third-order valence-electron chi connectivity index (χ3n) is 3.46. The molecule has 0 unspecified atom stereocenters. The second-order valence-corrected chi connectivity index (χ2v) is 6.15. The summed E-state index contributed by atoms with van der Waals surface area (Å²) in [6.45, 7) is 0. The summed E-state index contributed by atoms with van der Waals surface area (Å²) in [5.41, 5.74) is 1.05. The second-order valence-electron chi connectivity index (χ2n) is 5.14. The quantitative estimate of drug-likeness (QED) is 0.652. The van der Waals surface area contributed by atoms with Gasteiger partial charge in [0.15, 0.2) is 10.1 Å². The summed E-state index contributed by atoms with van der Waals surface area (Å²) in [4.78, 5) is 0. The van der Waals surface area contributed by atoms with Gasteiger partial charge in [-0.1, -0.05) is 11.3 Å². The van der Waals surface area contributed by atoms with Crippen molar-refractivity contribution in [2.75, 3.05) is 0 Å². The monoisotopic (exact) mass is 368 g/mol. The Hall–Kier alpha value is -4.30. The van der Waals surface area contributed by atoms with Crippen LogP contribution in [0.1, 0.15) is 22.3 Å². The first-order chi connectivity index (χ1) is 13.2. The van der Waals surface area contributed by atoms with Crippen LogP contribution in [0.25, 0.3) is 0 Å². The van der Waals surface area contributed by atoms with E-state index in [1.807, 2.05) is 24.3 Å². The summed E-state index contributed by atoms with van der Waals surface area (Å²) in [5, 5.41) is 37.1. The molecule has 0 N–H and O–H groups in total. The molecule has 0 radical (unpaired) electrons. The summed E-state index contributed by atoms with van der Waals surface area (Å²) < 4.78 is 11.4. The molecule has 0 amide bonds. The van der Waals surface area contributed by atoms with Gasteiger partial charge in [0, 0.05) is 0 Å². The average Bonchev–Trinajstić information content (AvgIpc) is 3.14. The van der Waals surface area contributed by atoms with Crippen LogP contribution >= 0.6 is 11.3 Å². The Balaban J connectivity index is 1.77. The molecule has 0 saturated heterocycles. The topological polar surface area (TPSA) is 114 Å². The number of ether oxygens (including phenoxy) is 2. The number of benzene rings is 2. The molecular formula is C20H8N4O2S. The minimum atomic E-state index is 0.240. The van der Waals surface area contributed by atoms with Gasteiger partial charge in [0.1, 0.15) is 35.8 Å². The maximum atomic E-state index is 9.07. The van der Waals surface area contributed by atoms with Crippen molar-refractivity contribution in [1.82, 2.24) is 0 Å². The standard InChI is InChI=1S/C20H8N4O2S/c21-9-13-1-3-17(7-15(13)11-23)25-19-5-6-20(27-19)26-18-4-2-14(10-22)16(8-18)12-24/h1-8H. The number of thiophene rings is 1. The van der Waals surface area contributed by atoms with Crippen LogP contribution in [0.3, 0.4) is 0 Å². The van der Waals surface area contributed by atoms with E-state index >= 15 is 0 Å². The zero-order chi connectivity index (χ0) is 19.2. The van der Waals surface area contributed by atoms with E-state index in [2.05, 4.69) is 0 Å². The molecule has 0 aliphatic heterocycles. The smallest absolute Gasteiger partial charge is 0.184 e. The van der Waals surface area contributed by atoms with Crippen molar-refractivity contribution in [2.45, 2.75) is 0 Å². The van der Waals surface area contributed by atoms with Crippen LogP contribution in [-0.4, -0.2) is 0 Å². The highest BCUT2D eigenvalue weighted by Gasteiger charge is 2.09. The van der Waals surface area contributed by atoms with Crippen molar-refractivity contribution >= 4 is 11.3 Å². The van der Waals surface area contributed by atoms with Gasteiger partial charge in [0.05, 0.1) is 22.3 Å². The first-order valence-electron chi connectivity index (χ1n) is 7.51. The van der Waals surface area contributed by atoms with Crippen LogP contribution in [-0.2, 0) is 0 Å². The zero-order valence-electron chi connectivity index (χ0n) is 13.6. The molecule has 0 aliphatic rings. The Labute approximate surface area is 158 Å². The van der Waals surface area contributed by atoms with E-state index in [9.17, 15) is 0 Å². The molecule has 27 heavy (non-hydrogen) atoms. The number of hydrogen-bond donors (Lipinski definition) is 0. The molecule has 0 atom stereocenters. The van der Waals surface area contributed by atoms with Crippen molar-refractivity contribution < 1.29 is 9.47 Å². The van der Waals surface area contributed by atoms with E-state index in [0.29, 0.717) is 21.6 Å². The van der Waals surface area contributed by atoms with E-state index in [1.54, 1.807) is 24.3 Å². The fraction of sp³-hybridized carbons (Fsp3) is 0. The summed E-state index contributed by atoms with van der Waals surface area (Å²) in [7, 11) is 0. The molecular weight excluding hydrogens is 360 g/mol. The van der Waals surface area contributed by atoms with Crippen molar-refractivity contribution in [3.63, 3.8) is 0 Å². The van der Waals surface area contributed by atoms with Crippen molar-refractivity contribution in [1.29, 1.82) is 21.0 Å². The van der Waals surface area contributed by atoms with E-state index < -0.39 is 0 Å². The third kappa shape index (κ3) is 3.86. The number of rotatable bonds is 4. The molecule has 0 aliphatic carbocycles. The van der Waals surface area contributed by atoms with Gasteiger partial charge in [-0.3, -0.25) is 0 Å². The molecule has 3 rings (SSSR count). The van der Waals surface area contributed by atoms with Crippen molar-refractivity contribution in [2.24, 2.45) is 0 Å². The molecule has 2 aromatic carbocycles. The predicted molar refractivity (Wildman–Crippen MR) is 96.2 cm³/mol. The lowest BCUT2D eigenvalue weighted by Crippen LogP contribution is -1.87. The molecule has 1 heterocycles. The Bertz CT molecular complexity index is 1090. The first-order valence-corrected chi connectivity index (χ1v) is 8.32. The fourth-order valence-corrected chi connectivity index (χ4v) is 2.95. The lowest BCUT2D eigenvalue weighted by atomic mass is 10.1. The summed E-state index contributed by atoms with van der Waals surface area (Å²) in [6.07, 6.45) is 0. The molecule has 0 saturated carbocycles. The van der Waals surface area contributed by atoms with E-state index in [-0.39, 0.29) is 22.3 Å². The molecule has 1 aromatic heterocycles. The van der Waals surface area contributed by atoms with Gasteiger partial charge in [-0.05, 0) is 48.5 Å². The number of nitriles is 4. The minimum absolute atomic E-state index is 0.240. The second kappa shape index (κ2) is 7.72. The average molecular weight is 368 g/mol. The van der Waals surface area contributed by atoms with Crippen LogP contribution in [0, 0.1) is 45.3 Å². The fourth-order valence-electron chi connectivity index (χ4n) is 2.20. The van der Waals surface area contributed by atoms with Gasteiger partial charge in [-0.2, -0.15) is 21.0 Å². The van der Waals surface area contributed by atoms with Crippen LogP contribution in [0.15, 0.2) is 48.5 Å². The molecule has 7 heteroatoms. The Morgan fingerprint density at radius 2 is 0.963 bits per heavy atom. The molecule has 3 aromatic rings. The molecule has 126 valence electrons. The van der Waals surface area contributed by atoms with Gasteiger partial charge < -0.3 is 9.47 Å². The molecule has 0 spiro atoms. The first kappa shape index (κ1) is 17.5. The predicted octanol–water partition coefficient (Wildman–Crippen LogP) is 4.82. The highest BCUT2D eigenvalue weighted by Crippen LogP contribution is 2.37. The van der Waals surface area contributed by atoms with E-state index in [4.69, 9.17) is 30.5 Å². The van der Waals surface area contributed by atoms with Gasteiger partial charge >= 0.3 is 0 Å². The van der Waals surface area contributed by atoms with Gasteiger partial charge in [0.25, 0.3) is 0 Å². The minimum Gasteiger partial charge on any atom is -0.447 e. The van der Waals surface area contributed by atoms with Gasteiger partial charge in [0.2, 0.25) is 0 Å². The van der Waals surface area contributed by atoms with E-state index in [1.165, 1.54) is 35.6 Å². The number of hydrogen-bond acceptors (Lipinski definition) is 7. The third-order valence-corrected chi connectivity index (χ3v) is 4.30. The van der Waals surface area contributed by atoms with Gasteiger partial charge in [-0.25, -0.2) is 0 Å². The molecule has 0 fully saturated rings. The normalized spacial score (nSPS) is 9.33. The van der Waals surface area contributed by atoms with Crippen LogP contribution in [0.4, 0.5) is 0 Å². The summed E-state index contributed by atoms with van der Waals surface area (Å²) >= 11 is 1.23. The van der Waals surface area contributed by atoms with Crippen LogP contribution in [0.2, 0.25) is 0 Å². The van der Waals surface area contributed by atoms with Crippen molar-refractivity contribution in [3.8, 4) is 45.9 Å². The van der Waals surface area contributed by atoms with Gasteiger partial charge in [-0.15, -0.1) is 0 Å². The Kier molecular flexibility index (Phi) is 5.01. The summed E-state index contributed by atoms with van der Waals surface area (Å²) in [6, 6.07) is 20.5. The van der Waals surface area contributed by atoms with Crippen LogP contribution < -0.4 is 9.47 Å². The Morgan fingerprint density at radius 3 is 1.33 bits per heavy atom. The SMILES string of the molecule is N#Cc1ccc(Oc2ccc(Oc3ccc(C#N)c(C#N)c3)s2)cc1C#N. The lowest BCUT2D eigenvalue weighted by Gasteiger charge is -2.05.